The van der Waals surface area contributed by atoms with Gasteiger partial charge in [-0.3, -0.25) is 4.79 Å². The van der Waals surface area contributed by atoms with Crippen LogP contribution in [0.1, 0.15) is 39.2 Å². The topological polar surface area (TPSA) is 84.9 Å². The standard InChI is InChI=1S/C19H30N2O5S/c1-4-25-17-8-7-15(13-18(17)26-5-2)14-20-19(22)16-9-11-21(12-10-16)27(23,24)6-3/h7-8,13,16H,4-6,9-12,14H2,1-3H3,(H,20,22). The highest BCUT2D eigenvalue weighted by atomic mass is 32.2. The number of nitrogens with one attached hydrogen (secondary N) is 1. The molecule has 1 aromatic rings. The number of hydrogen-bond acceptors (Lipinski definition) is 5. The Kier molecular flexibility index (Phi) is 7.91. The van der Waals surface area contributed by atoms with Gasteiger partial charge in [-0.2, -0.15) is 0 Å². The maximum Gasteiger partial charge on any atom is 0.223 e. The summed E-state index contributed by atoms with van der Waals surface area (Å²) in [6.45, 7) is 7.78. The highest BCUT2D eigenvalue weighted by Crippen LogP contribution is 2.28. The SMILES string of the molecule is CCOc1ccc(CNC(=O)C2CCN(S(=O)(=O)CC)CC2)cc1OCC. The zero-order valence-electron chi connectivity index (χ0n) is 16.4. The summed E-state index contributed by atoms with van der Waals surface area (Å²) in [5.74, 6) is 1.28. The smallest absolute Gasteiger partial charge is 0.223 e. The van der Waals surface area contributed by atoms with Crippen molar-refractivity contribution in [2.75, 3.05) is 32.1 Å². The number of benzene rings is 1. The maximum absolute atomic E-state index is 12.4. The first-order valence-electron chi connectivity index (χ1n) is 9.55. The molecule has 27 heavy (non-hydrogen) atoms. The predicted molar refractivity (Wildman–Crippen MR) is 104 cm³/mol. The summed E-state index contributed by atoms with van der Waals surface area (Å²) in [4.78, 5) is 12.4. The quantitative estimate of drug-likeness (QED) is 0.689. The fourth-order valence-electron chi connectivity index (χ4n) is 3.12. The lowest BCUT2D eigenvalue weighted by Gasteiger charge is -2.30. The molecule has 2 rings (SSSR count). The molecule has 0 aromatic heterocycles. The minimum absolute atomic E-state index is 0.0320. The first-order chi connectivity index (χ1) is 12.9. The second kappa shape index (κ2) is 9.94. The summed E-state index contributed by atoms with van der Waals surface area (Å²) in [5, 5.41) is 2.95. The Hall–Kier alpha value is -1.80. The van der Waals surface area contributed by atoms with Gasteiger partial charge in [0, 0.05) is 25.6 Å². The number of sulfonamides is 1. The summed E-state index contributed by atoms with van der Waals surface area (Å²) < 4.78 is 36.4. The van der Waals surface area contributed by atoms with Gasteiger partial charge in [-0.15, -0.1) is 0 Å². The fraction of sp³-hybridized carbons (Fsp3) is 0.632. The van der Waals surface area contributed by atoms with Crippen molar-refractivity contribution in [1.29, 1.82) is 0 Å². The van der Waals surface area contributed by atoms with Gasteiger partial charge in [0.1, 0.15) is 0 Å². The summed E-state index contributed by atoms with van der Waals surface area (Å²) >= 11 is 0. The van der Waals surface area contributed by atoms with Crippen molar-refractivity contribution in [2.45, 2.75) is 40.2 Å². The third-order valence-electron chi connectivity index (χ3n) is 4.66. The van der Waals surface area contributed by atoms with Gasteiger partial charge < -0.3 is 14.8 Å². The van der Waals surface area contributed by atoms with Crippen LogP contribution in [-0.4, -0.2) is 50.7 Å². The van der Waals surface area contributed by atoms with Crippen molar-refractivity contribution in [2.24, 2.45) is 5.92 Å². The van der Waals surface area contributed by atoms with Crippen molar-refractivity contribution >= 4 is 15.9 Å². The summed E-state index contributed by atoms with van der Waals surface area (Å²) in [7, 11) is -3.17. The Morgan fingerprint density at radius 2 is 1.74 bits per heavy atom. The van der Waals surface area contributed by atoms with Crippen LogP contribution in [0.15, 0.2) is 18.2 Å². The van der Waals surface area contributed by atoms with Crippen molar-refractivity contribution in [3.63, 3.8) is 0 Å². The van der Waals surface area contributed by atoms with Crippen LogP contribution in [0.25, 0.3) is 0 Å². The molecule has 0 atom stereocenters. The molecular weight excluding hydrogens is 368 g/mol. The normalized spacial score (nSPS) is 16.1. The molecule has 1 saturated heterocycles. The maximum atomic E-state index is 12.4. The molecule has 0 aliphatic carbocycles. The average Bonchev–Trinajstić information content (AvgIpc) is 2.68. The number of nitrogens with zero attached hydrogens (tertiary/aromatic N) is 1. The predicted octanol–water partition coefficient (Wildman–Crippen LogP) is 2.16. The number of carbonyl (C=O) groups is 1. The van der Waals surface area contributed by atoms with Crippen LogP contribution in [0.2, 0.25) is 0 Å². The number of piperidine rings is 1. The van der Waals surface area contributed by atoms with Crippen LogP contribution in [0.4, 0.5) is 0 Å². The molecular formula is C19H30N2O5S. The van der Waals surface area contributed by atoms with Crippen molar-refractivity contribution in [1.82, 2.24) is 9.62 Å². The zero-order chi connectivity index (χ0) is 19.9. The van der Waals surface area contributed by atoms with E-state index in [2.05, 4.69) is 5.32 Å². The third-order valence-corrected chi connectivity index (χ3v) is 6.54. The van der Waals surface area contributed by atoms with Crippen LogP contribution in [0, 0.1) is 5.92 Å². The molecule has 0 radical (unpaired) electrons. The molecule has 1 aliphatic heterocycles. The number of hydrogen-bond donors (Lipinski definition) is 1. The van der Waals surface area contributed by atoms with Gasteiger partial charge in [-0.05, 0) is 51.3 Å². The summed E-state index contributed by atoms with van der Waals surface area (Å²) in [6.07, 6.45) is 1.11. The second-order valence-corrected chi connectivity index (χ2v) is 8.70. The highest BCUT2D eigenvalue weighted by molar-refractivity contribution is 7.89. The van der Waals surface area contributed by atoms with E-state index in [4.69, 9.17) is 9.47 Å². The van der Waals surface area contributed by atoms with Gasteiger partial charge in [0.25, 0.3) is 0 Å². The highest BCUT2D eigenvalue weighted by Gasteiger charge is 2.29. The molecule has 1 aromatic carbocycles. The molecule has 1 aliphatic rings. The number of rotatable bonds is 9. The van der Waals surface area contributed by atoms with Gasteiger partial charge in [-0.1, -0.05) is 6.07 Å². The van der Waals surface area contributed by atoms with E-state index in [1.807, 2.05) is 32.0 Å². The van der Waals surface area contributed by atoms with Crippen LogP contribution >= 0.6 is 0 Å². The molecule has 0 spiro atoms. The molecule has 1 N–H and O–H groups in total. The lowest BCUT2D eigenvalue weighted by molar-refractivity contribution is -0.126. The summed E-state index contributed by atoms with van der Waals surface area (Å²) in [5.41, 5.74) is 0.932. The molecule has 0 saturated carbocycles. The monoisotopic (exact) mass is 398 g/mol. The van der Waals surface area contributed by atoms with Crippen LogP contribution < -0.4 is 14.8 Å². The van der Waals surface area contributed by atoms with E-state index in [0.717, 1.165) is 5.56 Å². The minimum Gasteiger partial charge on any atom is -0.490 e. The summed E-state index contributed by atoms with van der Waals surface area (Å²) in [6, 6.07) is 5.64. The number of amides is 1. The van der Waals surface area contributed by atoms with Crippen LogP contribution in [0.3, 0.4) is 0 Å². The Morgan fingerprint density at radius 1 is 1.11 bits per heavy atom. The van der Waals surface area contributed by atoms with E-state index >= 15 is 0 Å². The number of ether oxygens (including phenoxy) is 2. The molecule has 7 nitrogen and oxygen atoms in total. The van der Waals surface area contributed by atoms with Crippen molar-refractivity contribution < 1.29 is 22.7 Å². The van der Waals surface area contributed by atoms with E-state index in [0.29, 0.717) is 57.2 Å². The van der Waals surface area contributed by atoms with Gasteiger partial charge in [0.05, 0.1) is 19.0 Å². The Balaban J connectivity index is 1.89. The Labute approximate surface area is 162 Å². The van der Waals surface area contributed by atoms with E-state index in [9.17, 15) is 13.2 Å². The Bertz CT molecular complexity index is 728. The lowest BCUT2D eigenvalue weighted by atomic mass is 9.97. The molecule has 152 valence electrons. The molecule has 0 unspecified atom stereocenters. The van der Waals surface area contributed by atoms with E-state index < -0.39 is 10.0 Å². The van der Waals surface area contributed by atoms with Crippen LogP contribution in [0.5, 0.6) is 11.5 Å². The molecule has 1 fully saturated rings. The van der Waals surface area contributed by atoms with Gasteiger partial charge >= 0.3 is 0 Å². The zero-order valence-corrected chi connectivity index (χ0v) is 17.2. The lowest BCUT2D eigenvalue weighted by Crippen LogP contribution is -2.43. The van der Waals surface area contributed by atoms with E-state index in [-0.39, 0.29) is 17.6 Å². The fourth-order valence-corrected chi connectivity index (χ4v) is 4.25. The molecule has 1 heterocycles. The molecule has 0 bridgehead atoms. The second-order valence-electron chi connectivity index (χ2n) is 6.44. The van der Waals surface area contributed by atoms with Crippen molar-refractivity contribution in [3.05, 3.63) is 23.8 Å². The molecule has 1 amide bonds. The Morgan fingerprint density at radius 3 is 2.33 bits per heavy atom. The average molecular weight is 399 g/mol. The van der Waals surface area contributed by atoms with E-state index in [1.54, 1.807) is 6.92 Å². The third kappa shape index (κ3) is 5.84. The first-order valence-corrected chi connectivity index (χ1v) is 11.2. The molecule has 8 heteroatoms. The first kappa shape index (κ1) is 21.5. The minimum atomic E-state index is -3.17. The largest absolute Gasteiger partial charge is 0.490 e. The van der Waals surface area contributed by atoms with Gasteiger partial charge in [0.2, 0.25) is 15.9 Å². The van der Waals surface area contributed by atoms with E-state index in [1.165, 1.54) is 4.31 Å². The number of carbonyl (C=O) groups excluding carboxylic acids is 1. The van der Waals surface area contributed by atoms with Crippen LogP contribution in [-0.2, 0) is 21.4 Å². The van der Waals surface area contributed by atoms with Gasteiger partial charge in [0.15, 0.2) is 11.5 Å². The van der Waals surface area contributed by atoms with Gasteiger partial charge in [-0.25, -0.2) is 12.7 Å². The van der Waals surface area contributed by atoms with Crippen molar-refractivity contribution in [3.8, 4) is 11.5 Å².